The van der Waals surface area contributed by atoms with Crippen LogP contribution in [0.2, 0.25) is 0 Å². The van der Waals surface area contributed by atoms with Crippen LogP contribution < -0.4 is 9.47 Å². The second kappa shape index (κ2) is 8.17. The highest BCUT2D eigenvalue weighted by Crippen LogP contribution is 2.33. The summed E-state index contributed by atoms with van der Waals surface area (Å²) in [6.07, 6.45) is 0.766. The van der Waals surface area contributed by atoms with Crippen LogP contribution >= 0.6 is 11.3 Å². The number of thiazole rings is 1. The summed E-state index contributed by atoms with van der Waals surface area (Å²) in [5.74, 6) is 0.742. The summed E-state index contributed by atoms with van der Waals surface area (Å²) >= 11 is 1.41. The highest BCUT2D eigenvalue weighted by atomic mass is 32.2. The third-order valence-electron chi connectivity index (χ3n) is 4.92. The average molecular weight is 450 g/mol. The fourth-order valence-electron chi connectivity index (χ4n) is 3.36. The molecule has 9 nitrogen and oxygen atoms in total. The van der Waals surface area contributed by atoms with Gasteiger partial charge in [0.15, 0.2) is 4.90 Å². The Bertz CT molecular complexity index is 1190. The third kappa shape index (κ3) is 3.95. The molecule has 0 aliphatic carbocycles. The van der Waals surface area contributed by atoms with Crippen LogP contribution in [0.15, 0.2) is 47.4 Å². The predicted molar refractivity (Wildman–Crippen MR) is 112 cm³/mol. The summed E-state index contributed by atoms with van der Waals surface area (Å²) in [6, 6.07) is 11.0. The van der Waals surface area contributed by atoms with Crippen molar-refractivity contribution in [2.45, 2.75) is 23.8 Å². The average Bonchev–Trinajstić information content (AvgIpc) is 3.15. The molecule has 1 aromatic heterocycles. The number of ether oxygens (including phenoxy) is 2. The lowest BCUT2D eigenvalue weighted by atomic mass is 10.1. The van der Waals surface area contributed by atoms with Gasteiger partial charge < -0.3 is 9.47 Å². The Morgan fingerprint density at radius 3 is 2.63 bits per heavy atom. The van der Waals surface area contributed by atoms with E-state index in [0.29, 0.717) is 18.0 Å². The number of piperidine rings is 1. The van der Waals surface area contributed by atoms with Crippen molar-refractivity contribution in [2.24, 2.45) is 0 Å². The van der Waals surface area contributed by atoms with Crippen LogP contribution in [0.25, 0.3) is 10.2 Å². The number of hydrogen-bond acceptors (Lipinski definition) is 8. The van der Waals surface area contributed by atoms with E-state index in [0.717, 1.165) is 16.0 Å². The Morgan fingerprint density at radius 1 is 1.20 bits per heavy atom. The molecule has 0 unspecified atom stereocenters. The van der Waals surface area contributed by atoms with Crippen LogP contribution in [0.1, 0.15) is 12.8 Å². The quantitative estimate of drug-likeness (QED) is 0.418. The Hall–Kier alpha value is -2.76. The fraction of sp³-hybridized carbons (Fsp3) is 0.316. The van der Waals surface area contributed by atoms with Crippen molar-refractivity contribution in [3.05, 3.63) is 52.6 Å². The predicted octanol–water partition coefficient (Wildman–Crippen LogP) is 3.45. The molecule has 1 fully saturated rings. The van der Waals surface area contributed by atoms with Gasteiger partial charge in [0.25, 0.3) is 10.9 Å². The van der Waals surface area contributed by atoms with Gasteiger partial charge in [0.2, 0.25) is 10.0 Å². The van der Waals surface area contributed by atoms with E-state index in [4.69, 9.17) is 9.47 Å². The molecular formula is C19H19N3O6S2. The molecule has 0 spiro atoms. The molecule has 30 heavy (non-hydrogen) atoms. The Balaban J connectivity index is 1.44. The first-order chi connectivity index (χ1) is 14.4. The Kier molecular flexibility index (Phi) is 5.58. The molecular weight excluding hydrogens is 430 g/mol. The number of para-hydroxylation sites is 1. The zero-order valence-electron chi connectivity index (χ0n) is 16.1. The molecule has 0 bridgehead atoms. The zero-order chi connectivity index (χ0) is 21.3. The van der Waals surface area contributed by atoms with Gasteiger partial charge in [0.1, 0.15) is 11.9 Å². The van der Waals surface area contributed by atoms with E-state index < -0.39 is 20.6 Å². The van der Waals surface area contributed by atoms with Crippen molar-refractivity contribution in [1.29, 1.82) is 0 Å². The number of aromatic nitrogens is 1. The van der Waals surface area contributed by atoms with Crippen molar-refractivity contribution in [3.63, 3.8) is 0 Å². The maximum Gasteiger partial charge on any atom is 0.289 e. The number of methoxy groups -OCH3 is 1. The second-order valence-electron chi connectivity index (χ2n) is 6.76. The number of fused-ring (bicyclic) bond motifs is 1. The Morgan fingerprint density at radius 2 is 1.93 bits per heavy atom. The summed E-state index contributed by atoms with van der Waals surface area (Å²) in [5.41, 5.74) is 0.396. The standard InChI is InChI=1S/C19H19N3O6S2/c1-27-14-6-7-15-17(12-14)29-19(20-15)28-13-8-10-21(11-9-13)30(25,26)18-5-3-2-4-16(18)22(23)24/h2-7,12-13H,8-11H2,1H3. The van der Waals surface area contributed by atoms with Crippen LogP contribution in [-0.4, -0.2) is 48.9 Å². The first-order valence-corrected chi connectivity index (χ1v) is 11.5. The number of nitro benzene ring substituents is 1. The largest absolute Gasteiger partial charge is 0.497 e. The fourth-order valence-corrected chi connectivity index (χ4v) is 5.90. The molecule has 11 heteroatoms. The topological polar surface area (TPSA) is 112 Å². The van der Waals surface area contributed by atoms with Gasteiger partial charge >= 0.3 is 0 Å². The van der Waals surface area contributed by atoms with Gasteiger partial charge in [-0.1, -0.05) is 23.5 Å². The Labute approximate surface area is 177 Å². The van der Waals surface area contributed by atoms with E-state index >= 15 is 0 Å². The van der Waals surface area contributed by atoms with Gasteiger partial charge in [-0.3, -0.25) is 10.1 Å². The minimum atomic E-state index is -3.95. The summed E-state index contributed by atoms with van der Waals surface area (Å²) < 4.78 is 39.2. The second-order valence-corrected chi connectivity index (χ2v) is 9.66. The van der Waals surface area contributed by atoms with Gasteiger partial charge in [-0.2, -0.15) is 4.31 Å². The SMILES string of the molecule is COc1ccc2nc(OC3CCN(S(=O)(=O)c4ccccc4[N+](=O)[O-])CC3)sc2c1. The summed E-state index contributed by atoms with van der Waals surface area (Å²) in [5, 5.41) is 11.7. The molecule has 0 radical (unpaired) electrons. The molecule has 2 aromatic carbocycles. The lowest BCUT2D eigenvalue weighted by Gasteiger charge is -2.30. The van der Waals surface area contributed by atoms with Gasteiger partial charge in [-0.25, -0.2) is 13.4 Å². The van der Waals surface area contributed by atoms with Crippen molar-refractivity contribution >= 4 is 37.3 Å². The maximum atomic E-state index is 12.9. The van der Waals surface area contributed by atoms with Crippen molar-refractivity contribution in [1.82, 2.24) is 9.29 Å². The van der Waals surface area contributed by atoms with Crippen LogP contribution in [0, 0.1) is 10.1 Å². The van der Waals surface area contributed by atoms with E-state index in [2.05, 4.69) is 4.98 Å². The highest BCUT2D eigenvalue weighted by molar-refractivity contribution is 7.89. The van der Waals surface area contributed by atoms with E-state index in [1.807, 2.05) is 18.2 Å². The molecule has 1 aliphatic rings. The number of nitro groups is 1. The van der Waals surface area contributed by atoms with E-state index in [1.165, 1.54) is 39.9 Å². The maximum absolute atomic E-state index is 12.9. The monoisotopic (exact) mass is 449 g/mol. The van der Waals surface area contributed by atoms with Crippen LogP contribution in [0.3, 0.4) is 0 Å². The minimum absolute atomic E-state index is 0.176. The van der Waals surface area contributed by atoms with E-state index in [1.54, 1.807) is 7.11 Å². The molecule has 158 valence electrons. The normalized spacial score (nSPS) is 15.9. The zero-order valence-corrected chi connectivity index (χ0v) is 17.7. The third-order valence-corrected chi connectivity index (χ3v) is 7.78. The van der Waals surface area contributed by atoms with Gasteiger partial charge in [-0.05, 0) is 37.1 Å². The molecule has 1 saturated heterocycles. The molecule has 2 heterocycles. The number of rotatable bonds is 6. The van der Waals surface area contributed by atoms with Crippen LogP contribution in [0.4, 0.5) is 5.69 Å². The van der Waals surface area contributed by atoms with Gasteiger partial charge in [0, 0.05) is 19.2 Å². The van der Waals surface area contributed by atoms with Crippen LogP contribution in [-0.2, 0) is 10.0 Å². The highest BCUT2D eigenvalue weighted by Gasteiger charge is 2.34. The molecule has 4 rings (SSSR count). The summed E-state index contributed by atoms with van der Waals surface area (Å²) in [7, 11) is -2.35. The van der Waals surface area contributed by atoms with Crippen molar-refractivity contribution in [2.75, 3.05) is 20.2 Å². The molecule has 0 saturated carbocycles. The summed E-state index contributed by atoms with van der Waals surface area (Å²) in [4.78, 5) is 14.7. The first kappa shape index (κ1) is 20.5. The number of nitrogens with zero attached hydrogens (tertiary/aromatic N) is 3. The number of sulfonamides is 1. The molecule has 0 amide bonds. The molecule has 0 N–H and O–H groups in total. The first-order valence-electron chi connectivity index (χ1n) is 9.23. The van der Waals surface area contributed by atoms with E-state index in [9.17, 15) is 18.5 Å². The van der Waals surface area contributed by atoms with Crippen molar-refractivity contribution in [3.8, 4) is 10.9 Å². The molecule has 1 aliphatic heterocycles. The van der Waals surface area contributed by atoms with E-state index in [-0.39, 0.29) is 24.1 Å². The minimum Gasteiger partial charge on any atom is -0.497 e. The number of benzene rings is 2. The lowest BCUT2D eigenvalue weighted by molar-refractivity contribution is -0.387. The van der Waals surface area contributed by atoms with Gasteiger partial charge in [-0.15, -0.1) is 0 Å². The lowest BCUT2D eigenvalue weighted by Crippen LogP contribution is -2.41. The van der Waals surface area contributed by atoms with Gasteiger partial charge in [0.05, 0.1) is 22.2 Å². The van der Waals surface area contributed by atoms with Crippen molar-refractivity contribution < 1.29 is 22.8 Å². The number of hydrogen-bond donors (Lipinski definition) is 0. The molecule has 0 atom stereocenters. The molecule has 3 aromatic rings. The smallest absolute Gasteiger partial charge is 0.289 e. The van der Waals surface area contributed by atoms with Crippen LogP contribution in [0.5, 0.6) is 10.9 Å². The summed E-state index contributed by atoms with van der Waals surface area (Å²) in [6.45, 7) is 0.440.